The third kappa shape index (κ3) is 4.29. The Kier molecular flexibility index (Phi) is 5.27. The van der Waals surface area contributed by atoms with Gasteiger partial charge in [0.25, 0.3) is 5.56 Å². The molecule has 4 rings (SSSR count). The van der Waals surface area contributed by atoms with Crippen molar-refractivity contribution in [2.75, 3.05) is 13.1 Å². The zero-order chi connectivity index (χ0) is 19.7. The summed E-state index contributed by atoms with van der Waals surface area (Å²) in [6, 6.07) is 0.579. The molecule has 0 atom stereocenters. The molecule has 0 saturated carbocycles. The van der Waals surface area contributed by atoms with E-state index >= 15 is 0 Å². The third-order valence-electron chi connectivity index (χ3n) is 5.68. The second-order valence-corrected chi connectivity index (χ2v) is 7.78. The Balaban J connectivity index is 1.31. The van der Waals surface area contributed by atoms with Gasteiger partial charge < -0.3 is 4.57 Å². The Morgan fingerprint density at radius 2 is 1.93 bits per heavy atom. The van der Waals surface area contributed by atoms with Crippen molar-refractivity contribution >= 4 is 0 Å². The lowest BCUT2D eigenvalue weighted by Gasteiger charge is -2.31. The first-order valence-corrected chi connectivity index (χ1v) is 9.79. The minimum atomic E-state index is -4.59. The van der Waals surface area contributed by atoms with Crippen molar-refractivity contribution in [2.45, 2.75) is 57.9 Å². The van der Waals surface area contributed by atoms with E-state index in [1.165, 1.54) is 23.2 Å². The molecule has 0 aliphatic carbocycles. The number of fused-ring (bicyclic) bond motifs is 1. The molecule has 2 aliphatic rings. The number of hydrogen-bond donors (Lipinski definition) is 0. The van der Waals surface area contributed by atoms with Crippen molar-refractivity contribution in [1.82, 2.24) is 24.0 Å². The molecule has 4 heterocycles. The topological polar surface area (TPSA) is 56.0 Å². The van der Waals surface area contributed by atoms with Gasteiger partial charge in [-0.1, -0.05) is 0 Å². The highest BCUT2D eigenvalue weighted by Gasteiger charge is 2.33. The minimum absolute atomic E-state index is 0.266. The van der Waals surface area contributed by atoms with Gasteiger partial charge in [0, 0.05) is 38.3 Å². The molecule has 6 nitrogen and oxygen atoms in total. The van der Waals surface area contributed by atoms with E-state index in [9.17, 15) is 18.0 Å². The quantitative estimate of drug-likeness (QED) is 0.799. The second-order valence-electron chi connectivity index (χ2n) is 7.78. The van der Waals surface area contributed by atoms with Crippen LogP contribution in [0.25, 0.3) is 0 Å². The van der Waals surface area contributed by atoms with Crippen molar-refractivity contribution < 1.29 is 13.2 Å². The van der Waals surface area contributed by atoms with Gasteiger partial charge in [0.15, 0.2) is 5.69 Å². The predicted octanol–water partition coefficient (Wildman–Crippen LogP) is 2.71. The molecule has 2 aliphatic heterocycles. The normalized spacial score (nSPS) is 19.0. The number of nitrogens with zero attached hydrogens (tertiary/aromatic N) is 5. The van der Waals surface area contributed by atoms with E-state index in [1.807, 2.05) is 0 Å². The molecule has 0 amide bonds. The van der Waals surface area contributed by atoms with Crippen molar-refractivity contribution in [2.24, 2.45) is 5.92 Å². The third-order valence-corrected chi connectivity index (χ3v) is 5.68. The lowest BCUT2D eigenvalue weighted by atomic mass is 9.96. The molecule has 1 fully saturated rings. The van der Waals surface area contributed by atoms with Gasteiger partial charge in [-0.2, -0.15) is 13.2 Å². The highest BCUT2D eigenvalue weighted by atomic mass is 19.4. The molecule has 152 valence electrons. The van der Waals surface area contributed by atoms with Crippen LogP contribution in [0.2, 0.25) is 0 Å². The van der Waals surface area contributed by atoms with Crippen molar-refractivity contribution in [3.63, 3.8) is 0 Å². The number of alkyl halides is 3. The van der Waals surface area contributed by atoms with Crippen molar-refractivity contribution in [3.05, 3.63) is 46.2 Å². The van der Waals surface area contributed by atoms with Gasteiger partial charge >= 0.3 is 6.18 Å². The lowest BCUT2D eigenvalue weighted by molar-refractivity contribution is -0.141. The fourth-order valence-corrected chi connectivity index (χ4v) is 4.10. The number of hydrogen-bond acceptors (Lipinski definition) is 4. The van der Waals surface area contributed by atoms with E-state index in [-0.39, 0.29) is 5.92 Å². The zero-order valence-corrected chi connectivity index (χ0v) is 15.7. The molecule has 1 saturated heterocycles. The van der Waals surface area contributed by atoms with E-state index in [0.29, 0.717) is 12.6 Å². The van der Waals surface area contributed by atoms with Crippen LogP contribution < -0.4 is 5.56 Å². The lowest BCUT2D eigenvalue weighted by Crippen LogP contribution is -2.36. The van der Waals surface area contributed by atoms with Gasteiger partial charge in [-0.25, -0.2) is 9.97 Å². The number of aryl methyl sites for hydroxylation is 2. The number of likely N-dealkylation sites (tertiary alicyclic amines) is 1. The van der Waals surface area contributed by atoms with Crippen LogP contribution in [-0.4, -0.2) is 37.1 Å². The van der Waals surface area contributed by atoms with Crippen molar-refractivity contribution in [3.8, 4) is 0 Å². The first kappa shape index (κ1) is 19.2. The average Bonchev–Trinajstić information content (AvgIpc) is 3.06. The first-order chi connectivity index (χ1) is 13.4. The summed E-state index contributed by atoms with van der Waals surface area (Å²) in [5, 5.41) is 0. The van der Waals surface area contributed by atoms with Gasteiger partial charge in [-0.3, -0.25) is 14.3 Å². The summed E-state index contributed by atoms with van der Waals surface area (Å²) in [6.07, 6.45) is 3.88. The molecular weight excluding hydrogens is 371 g/mol. The SMILES string of the molecule is O=c1cc(C(F)(F)F)ncn1CC1CCN(Cc2cn3c(n2)CCCC3)CC1. The largest absolute Gasteiger partial charge is 0.433 e. The highest BCUT2D eigenvalue weighted by Crippen LogP contribution is 2.26. The summed E-state index contributed by atoms with van der Waals surface area (Å²) in [4.78, 5) is 22.5. The standard InChI is InChI=1S/C19H24F3N5O/c20-19(21,22)16-9-18(28)27(13-23-16)10-14-4-7-25(8-5-14)11-15-12-26-6-2-1-3-17(26)24-15/h9,12-14H,1-8,10-11H2. The van der Waals surface area contributed by atoms with E-state index in [2.05, 4.69) is 20.6 Å². The fourth-order valence-electron chi connectivity index (χ4n) is 4.10. The molecule has 0 aromatic carbocycles. The molecule has 0 unspecified atom stereocenters. The molecule has 0 spiro atoms. The molecule has 0 N–H and O–H groups in total. The number of piperidine rings is 1. The molecule has 0 bridgehead atoms. The Morgan fingerprint density at radius 1 is 1.14 bits per heavy atom. The minimum Gasteiger partial charge on any atom is -0.335 e. The summed E-state index contributed by atoms with van der Waals surface area (Å²) in [5.41, 5.74) is -0.668. The van der Waals surface area contributed by atoms with Gasteiger partial charge in [0.2, 0.25) is 0 Å². The maximum Gasteiger partial charge on any atom is 0.433 e. The maximum absolute atomic E-state index is 12.6. The fraction of sp³-hybridized carbons (Fsp3) is 0.632. The molecular formula is C19H24F3N5O. The zero-order valence-electron chi connectivity index (χ0n) is 15.7. The van der Waals surface area contributed by atoms with Crippen LogP contribution in [0.1, 0.15) is 42.9 Å². The van der Waals surface area contributed by atoms with Gasteiger partial charge in [-0.05, 0) is 44.7 Å². The molecule has 0 radical (unpaired) electrons. The van der Waals surface area contributed by atoms with Crippen LogP contribution in [0, 0.1) is 5.92 Å². The smallest absolute Gasteiger partial charge is 0.335 e. The van der Waals surface area contributed by atoms with Crippen LogP contribution in [0.3, 0.4) is 0 Å². The van der Waals surface area contributed by atoms with E-state index in [0.717, 1.165) is 57.5 Å². The van der Waals surface area contributed by atoms with Crippen LogP contribution in [0.5, 0.6) is 0 Å². The molecule has 9 heteroatoms. The van der Waals surface area contributed by atoms with Crippen molar-refractivity contribution in [1.29, 1.82) is 0 Å². The highest BCUT2D eigenvalue weighted by molar-refractivity contribution is 5.06. The summed E-state index contributed by atoms with van der Waals surface area (Å²) in [5.74, 6) is 1.45. The summed E-state index contributed by atoms with van der Waals surface area (Å²) in [7, 11) is 0. The van der Waals surface area contributed by atoms with Crippen LogP contribution >= 0.6 is 0 Å². The average molecular weight is 395 g/mol. The van der Waals surface area contributed by atoms with Crippen LogP contribution in [-0.2, 0) is 32.2 Å². The molecule has 2 aromatic heterocycles. The predicted molar refractivity (Wildman–Crippen MR) is 96.7 cm³/mol. The van der Waals surface area contributed by atoms with Gasteiger partial charge in [-0.15, -0.1) is 0 Å². The Labute approximate surface area is 161 Å². The van der Waals surface area contributed by atoms with E-state index < -0.39 is 17.4 Å². The Bertz CT molecular complexity index is 857. The number of aromatic nitrogens is 4. The summed E-state index contributed by atoms with van der Waals surface area (Å²) in [6.45, 7) is 4.09. The van der Waals surface area contributed by atoms with E-state index in [1.54, 1.807) is 0 Å². The molecule has 2 aromatic rings. The van der Waals surface area contributed by atoms with Crippen LogP contribution in [0.4, 0.5) is 13.2 Å². The second kappa shape index (κ2) is 7.69. The maximum atomic E-state index is 12.6. The summed E-state index contributed by atoms with van der Waals surface area (Å²) >= 11 is 0. The first-order valence-electron chi connectivity index (χ1n) is 9.79. The summed E-state index contributed by atoms with van der Waals surface area (Å²) < 4.78 is 41.4. The Hall–Kier alpha value is -2.16. The van der Waals surface area contributed by atoms with Gasteiger partial charge in [0.05, 0.1) is 12.0 Å². The van der Waals surface area contributed by atoms with Crippen LogP contribution in [0.15, 0.2) is 23.4 Å². The Morgan fingerprint density at radius 3 is 2.61 bits per heavy atom. The number of imidazole rings is 1. The number of halogens is 3. The monoisotopic (exact) mass is 395 g/mol. The molecule has 28 heavy (non-hydrogen) atoms. The van der Waals surface area contributed by atoms with Gasteiger partial charge in [0.1, 0.15) is 5.82 Å². The van der Waals surface area contributed by atoms with E-state index in [4.69, 9.17) is 4.98 Å². The number of rotatable bonds is 4.